The maximum Gasteiger partial charge on any atom is 0.317 e. The van der Waals surface area contributed by atoms with Gasteiger partial charge in [0.15, 0.2) is 6.10 Å². The summed E-state index contributed by atoms with van der Waals surface area (Å²) in [5, 5.41) is 57.2. The van der Waals surface area contributed by atoms with Gasteiger partial charge < -0.3 is 50.7 Å². The average molecular weight is 766 g/mol. The summed E-state index contributed by atoms with van der Waals surface area (Å²) < 4.78 is 6.27. The van der Waals surface area contributed by atoms with Crippen molar-refractivity contribution in [1.29, 1.82) is 0 Å². The Morgan fingerprint density at radius 1 is 1.09 bits per heavy atom. The molecule has 2 saturated carbocycles. The molecule has 54 heavy (non-hydrogen) atoms. The predicted octanol–water partition coefficient (Wildman–Crippen LogP) is 2.90. The van der Waals surface area contributed by atoms with Crippen LogP contribution in [0.5, 0.6) is 5.75 Å². The van der Waals surface area contributed by atoms with E-state index in [1.165, 1.54) is 4.90 Å². The van der Waals surface area contributed by atoms with E-state index >= 15 is 0 Å². The number of pyridine rings is 1. The van der Waals surface area contributed by atoms with Gasteiger partial charge in [0.05, 0.1) is 12.7 Å². The zero-order chi connectivity index (χ0) is 38.4. The number of nitrogens with zero attached hydrogens (tertiary/aromatic N) is 3. The van der Waals surface area contributed by atoms with Crippen LogP contribution in [0, 0.1) is 0 Å². The van der Waals surface area contributed by atoms with E-state index in [1.807, 2.05) is 42.7 Å². The minimum atomic E-state index is -2.04. The van der Waals surface area contributed by atoms with Crippen LogP contribution in [0.3, 0.4) is 0 Å². The van der Waals surface area contributed by atoms with E-state index in [1.54, 1.807) is 4.90 Å². The molecule has 1 aliphatic heterocycles. The Labute approximate surface area is 320 Å². The van der Waals surface area contributed by atoms with Gasteiger partial charge in [0.2, 0.25) is 0 Å². The molecule has 2 heterocycles. The number of aromatic nitrogens is 1. The van der Waals surface area contributed by atoms with Crippen LogP contribution in [0.1, 0.15) is 68.1 Å². The molecule has 5 atom stereocenters. The highest BCUT2D eigenvalue weighted by Crippen LogP contribution is 2.50. The van der Waals surface area contributed by atoms with Crippen LogP contribution in [-0.4, -0.2) is 122 Å². The number of carbonyl (C=O) groups excluding carboxylic acids is 2. The lowest BCUT2D eigenvalue weighted by Crippen LogP contribution is -2.53. The fourth-order valence-corrected chi connectivity index (χ4v) is 7.23. The smallest absolute Gasteiger partial charge is 0.317 e. The third-order valence-electron chi connectivity index (χ3n) is 10.8. The van der Waals surface area contributed by atoms with E-state index in [9.17, 15) is 30.0 Å². The van der Waals surface area contributed by atoms with Crippen molar-refractivity contribution in [1.82, 2.24) is 25.4 Å². The molecule has 13 nitrogen and oxygen atoms in total. The summed E-state index contributed by atoms with van der Waals surface area (Å²) in [5.41, 5.74) is 5.12. The third-order valence-corrected chi connectivity index (χ3v) is 11.2. The number of aliphatic hydroxyl groups excluding tert-OH is 5. The van der Waals surface area contributed by atoms with Gasteiger partial charge in [-0.25, -0.2) is 4.79 Å². The fraction of sp³-hybridized carbons (Fsp3) is 0.525. The van der Waals surface area contributed by atoms with E-state index in [0.29, 0.717) is 37.5 Å². The normalized spacial score (nSPS) is 19.1. The summed E-state index contributed by atoms with van der Waals surface area (Å²) in [7, 11) is 0. The van der Waals surface area contributed by atoms with Crippen molar-refractivity contribution in [2.24, 2.45) is 0 Å². The first-order valence-electron chi connectivity index (χ1n) is 18.9. The summed E-state index contributed by atoms with van der Waals surface area (Å²) in [4.78, 5) is 32.9. The molecule has 1 saturated heterocycles. The van der Waals surface area contributed by atoms with Crippen molar-refractivity contribution in [2.45, 2.75) is 94.0 Å². The molecule has 0 radical (unpaired) electrons. The fourth-order valence-electron chi connectivity index (χ4n) is 7.04. The molecule has 5 unspecified atom stereocenters. The first-order valence-corrected chi connectivity index (χ1v) is 19.3. The summed E-state index contributed by atoms with van der Waals surface area (Å²) in [6.07, 6.45) is 1.66. The number of rotatable bonds is 20. The molecule has 6 rings (SSSR count). The molecule has 3 fully saturated rings. The number of benzene rings is 2. The number of ether oxygens (including phenoxy) is 1. The molecule has 2 aliphatic carbocycles. The van der Waals surface area contributed by atoms with Crippen molar-refractivity contribution in [3.8, 4) is 16.9 Å². The van der Waals surface area contributed by atoms with E-state index in [-0.39, 0.29) is 43.2 Å². The van der Waals surface area contributed by atoms with Gasteiger partial charge in [-0.05, 0) is 84.9 Å². The Balaban J connectivity index is 1.09. The Morgan fingerprint density at radius 3 is 2.57 bits per heavy atom. The monoisotopic (exact) mass is 765 g/mol. The van der Waals surface area contributed by atoms with Gasteiger partial charge in [0.25, 0.3) is 5.91 Å². The summed E-state index contributed by atoms with van der Waals surface area (Å²) in [5.74, 6) is 0.135. The first kappa shape index (κ1) is 39.9. The zero-order valence-corrected chi connectivity index (χ0v) is 31.4. The molecule has 7 N–H and O–H groups in total. The number of urea groups is 1. The molecule has 292 valence electrons. The first-order chi connectivity index (χ1) is 26.0. The van der Waals surface area contributed by atoms with Crippen molar-refractivity contribution in [2.75, 3.05) is 39.3 Å². The maximum atomic E-state index is 13.3. The minimum Gasteiger partial charge on any atom is -0.490 e. The van der Waals surface area contributed by atoms with Crippen LogP contribution >= 0.6 is 11.6 Å². The molecule has 0 bridgehead atoms. The Morgan fingerprint density at radius 2 is 1.87 bits per heavy atom. The lowest BCUT2D eigenvalue weighted by molar-refractivity contribution is -0.158. The second-order valence-corrected chi connectivity index (χ2v) is 15.2. The SMILES string of the molecule is CC(CCCN(CCN1CCNC1=O)C(=O)C(O)C(O)C(O)C(O)CO)c1ccc(Cl)c(CNC2(c3cnccc3-c3ccccc3OC3CC3)CC2)c1. The quantitative estimate of drug-likeness (QED) is 0.0902. The number of halogens is 1. The average Bonchev–Trinajstić information content (AvgIpc) is 4.13. The molecule has 14 heteroatoms. The highest BCUT2D eigenvalue weighted by molar-refractivity contribution is 6.31. The second-order valence-electron chi connectivity index (χ2n) is 14.8. The van der Waals surface area contributed by atoms with Gasteiger partial charge in [0, 0.05) is 67.8 Å². The van der Waals surface area contributed by atoms with Crippen LogP contribution in [0.15, 0.2) is 60.9 Å². The topological polar surface area (TPSA) is 188 Å². The van der Waals surface area contributed by atoms with Crippen LogP contribution in [0.25, 0.3) is 11.1 Å². The van der Waals surface area contributed by atoms with E-state index in [0.717, 1.165) is 59.3 Å². The molecule has 3 amide bonds. The Bertz CT molecular complexity index is 1760. The number of carbonyl (C=O) groups is 2. The molecule has 0 spiro atoms. The van der Waals surface area contributed by atoms with Gasteiger partial charge >= 0.3 is 6.03 Å². The summed E-state index contributed by atoms with van der Waals surface area (Å²) in [6.45, 7) is 3.29. The number of aliphatic hydroxyl groups is 5. The second kappa shape index (κ2) is 17.8. The largest absolute Gasteiger partial charge is 0.490 e. The third kappa shape index (κ3) is 9.51. The number of hydrogen-bond acceptors (Lipinski definition) is 10. The number of hydrogen-bond donors (Lipinski definition) is 7. The van der Waals surface area contributed by atoms with Crippen molar-refractivity contribution in [3.63, 3.8) is 0 Å². The summed E-state index contributed by atoms with van der Waals surface area (Å²) >= 11 is 6.75. The van der Waals surface area contributed by atoms with Gasteiger partial charge in [-0.2, -0.15) is 0 Å². The van der Waals surface area contributed by atoms with E-state index < -0.39 is 36.9 Å². The lowest BCUT2D eigenvalue weighted by Gasteiger charge is -2.31. The Kier molecular flexibility index (Phi) is 13.1. The van der Waals surface area contributed by atoms with Crippen molar-refractivity contribution in [3.05, 3.63) is 82.6 Å². The standard InChI is InChI=1S/C40H52ClN5O8/c1-25(5-4-17-45(19-20-46-18-16-43-39(46)53)38(52)37(51)36(50)35(49)33(48)24-47)26-8-11-32(41)27(21-26)22-44-40(13-14-40)31-23-42-15-12-29(31)30-6-2-3-7-34(30)54-28-9-10-28/h2-3,6-8,11-12,15,21,23,25,28,33,35-37,44,47-51H,4-5,9-10,13-14,16-20,22,24H2,1H3,(H,43,53). The van der Waals surface area contributed by atoms with Gasteiger partial charge in [0.1, 0.15) is 24.1 Å². The number of nitrogens with one attached hydrogen (secondary N) is 2. The van der Waals surface area contributed by atoms with Crippen molar-refractivity contribution < 1.29 is 39.9 Å². The number of para-hydroxylation sites is 1. The van der Waals surface area contributed by atoms with Crippen LogP contribution in [0.4, 0.5) is 4.79 Å². The molecule has 2 aromatic carbocycles. The minimum absolute atomic E-state index is 0.0853. The molecular formula is C40H52ClN5O8. The molecule has 3 aromatic rings. The Hall–Kier alpha value is -3.82. The van der Waals surface area contributed by atoms with Crippen LogP contribution in [-0.2, 0) is 16.9 Å². The predicted molar refractivity (Wildman–Crippen MR) is 203 cm³/mol. The molecular weight excluding hydrogens is 714 g/mol. The van der Waals surface area contributed by atoms with E-state index in [2.05, 4.69) is 40.7 Å². The zero-order valence-electron chi connectivity index (χ0n) is 30.6. The highest BCUT2D eigenvalue weighted by Gasteiger charge is 2.46. The molecule has 1 aromatic heterocycles. The van der Waals surface area contributed by atoms with Crippen LogP contribution in [0.2, 0.25) is 5.02 Å². The molecule has 3 aliphatic rings. The maximum absolute atomic E-state index is 13.3. The van der Waals surface area contributed by atoms with E-state index in [4.69, 9.17) is 21.4 Å². The lowest BCUT2D eigenvalue weighted by atomic mass is 9.93. The van der Waals surface area contributed by atoms with Gasteiger partial charge in [-0.1, -0.05) is 48.9 Å². The van der Waals surface area contributed by atoms with Crippen molar-refractivity contribution >= 4 is 23.5 Å². The number of amides is 3. The van der Waals surface area contributed by atoms with Gasteiger partial charge in [-0.15, -0.1) is 0 Å². The van der Waals surface area contributed by atoms with Crippen LogP contribution < -0.4 is 15.4 Å². The summed E-state index contributed by atoms with van der Waals surface area (Å²) in [6, 6.07) is 16.0. The van der Waals surface area contributed by atoms with Gasteiger partial charge in [-0.3, -0.25) is 9.78 Å². The highest BCUT2D eigenvalue weighted by atomic mass is 35.5.